The molecule has 0 aromatic carbocycles. The molecule has 0 saturated heterocycles. The van der Waals surface area contributed by atoms with E-state index in [4.69, 9.17) is 11.6 Å². The molecule has 0 N–H and O–H groups in total. The molecule has 70 valence electrons. The van der Waals surface area contributed by atoms with Crippen LogP contribution >= 0.6 is 11.6 Å². The van der Waals surface area contributed by atoms with Crippen molar-refractivity contribution in [3.63, 3.8) is 0 Å². The van der Waals surface area contributed by atoms with E-state index >= 15 is 0 Å². The second-order valence-corrected chi connectivity index (χ2v) is 3.45. The summed E-state index contributed by atoms with van der Waals surface area (Å²) >= 11 is 5.57. The number of ketones is 1. The maximum atomic E-state index is 11.3. The average Bonchev–Trinajstić information content (AvgIpc) is 2.04. The van der Waals surface area contributed by atoms with E-state index in [1.54, 1.807) is 12.3 Å². The van der Waals surface area contributed by atoms with Crippen LogP contribution in [0.1, 0.15) is 19.5 Å². The number of hydrogen-bond acceptors (Lipinski definition) is 3. The van der Waals surface area contributed by atoms with Crippen LogP contribution in [0.3, 0.4) is 0 Å². The van der Waals surface area contributed by atoms with Crippen LogP contribution in [0.2, 0.25) is 5.28 Å². The molecule has 0 aliphatic rings. The van der Waals surface area contributed by atoms with Gasteiger partial charge < -0.3 is 0 Å². The predicted octanol–water partition coefficient (Wildman–Crippen LogP) is 1.90. The Hall–Kier alpha value is -0.960. The van der Waals surface area contributed by atoms with Crippen LogP contribution < -0.4 is 0 Å². The molecule has 0 fully saturated rings. The first-order valence-corrected chi connectivity index (χ1v) is 4.47. The summed E-state index contributed by atoms with van der Waals surface area (Å²) in [5.74, 6) is 0.198. The van der Waals surface area contributed by atoms with Gasteiger partial charge in [-0.1, -0.05) is 13.8 Å². The van der Waals surface area contributed by atoms with Crippen molar-refractivity contribution >= 4 is 17.4 Å². The Morgan fingerprint density at radius 3 is 2.85 bits per heavy atom. The topological polar surface area (TPSA) is 42.9 Å². The van der Waals surface area contributed by atoms with Crippen LogP contribution in [0.25, 0.3) is 0 Å². The van der Waals surface area contributed by atoms with Gasteiger partial charge in [0.1, 0.15) is 5.78 Å². The molecule has 0 amide bonds. The molecular weight excluding hydrogens is 188 g/mol. The predicted molar refractivity (Wildman–Crippen MR) is 50.6 cm³/mol. The molecule has 4 heteroatoms. The highest BCUT2D eigenvalue weighted by Gasteiger charge is 2.09. The number of carbonyl (C=O) groups excluding carboxylic acids is 1. The maximum absolute atomic E-state index is 11.3. The molecule has 3 nitrogen and oxygen atoms in total. The van der Waals surface area contributed by atoms with Crippen molar-refractivity contribution < 1.29 is 4.79 Å². The lowest BCUT2D eigenvalue weighted by molar-refractivity contribution is -0.121. The Morgan fingerprint density at radius 1 is 1.62 bits per heavy atom. The minimum atomic E-state index is 0.0359. The van der Waals surface area contributed by atoms with Gasteiger partial charge in [-0.15, -0.1) is 0 Å². The third-order valence-corrected chi connectivity index (χ3v) is 1.87. The van der Waals surface area contributed by atoms with E-state index in [1.807, 2.05) is 13.8 Å². The quantitative estimate of drug-likeness (QED) is 0.697. The third-order valence-electron chi connectivity index (χ3n) is 1.68. The zero-order chi connectivity index (χ0) is 9.84. The highest BCUT2D eigenvalue weighted by molar-refractivity contribution is 6.28. The van der Waals surface area contributed by atoms with Crippen molar-refractivity contribution in [1.29, 1.82) is 0 Å². The number of Topliss-reactive ketones (excluding diaryl/α,β-unsaturated/α-hetero) is 1. The Morgan fingerprint density at radius 2 is 2.31 bits per heavy atom. The Bertz CT molecular complexity index is 312. The van der Waals surface area contributed by atoms with Gasteiger partial charge in [-0.3, -0.25) is 4.79 Å². The minimum Gasteiger partial charge on any atom is -0.299 e. The lowest BCUT2D eigenvalue weighted by atomic mass is 10.0. The van der Waals surface area contributed by atoms with Gasteiger partial charge in [-0.2, -0.15) is 0 Å². The van der Waals surface area contributed by atoms with Gasteiger partial charge in [0, 0.05) is 18.5 Å². The second kappa shape index (κ2) is 4.33. The summed E-state index contributed by atoms with van der Waals surface area (Å²) in [6.45, 7) is 3.73. The summed E-state index contributed by atoms with van der Waals surface area (Å²) in [7, 11) is 0. The van der Waals surface area contributed by atoms with E-state index < -0.39 is 0 Å². The van der Waals surface area contributed by atoms with E-state index in [1.165, 1.54) is 0 Å². The standard InChI is InChI=1S/C9H11ClN2O/c1-6(2)8(13)5-7-3-4-11-9(10)12-7/h3-4,6H,5H2,1-2H3. The van der Waals surface area contributed by atoms with Crippen LogP contribution in [0, 0.1) is 5.92 Å². The summed E-state index contributed by atoms with van der Waals surface area (Å²) in [5.41, 5.74) is 0.679. The van der Waals surface area contributed by atoms with Crippen molar-refractivity contribution in [2.75, 3.05) is 0 Å². The molecule has 0 saturated carbocycles. The van der Waals surface area contributed by atoms with Crippen LogP contribution in [0.5, 0.6) is 0 Å². The van der Waals surface area contributed by atoms with E-state index in [-0.39, 0.29) is 17.0 Å². The summed E-state index contributed by atoms with van der Waals surface area (Å²) in [6, 6.07) is 1.70. The molecule has 13 heavy (non-hydrogen) atoms. The van der Waals surface area contributed by atoms with Crippen LogP contribution in [0.15, 0.2) is 12.3 Å². The average molecular weight is 199 g/mol. The monoisotopic (exact) mass is 198 g/mol. The number of rotatable bonds is 3. The molecule has 0 aliphatic carbocycles. The molecule has 0 radical (unpaired) electrons. The van der Waals surface area contributed by atoms with E-state index in [9.17, 15) is 4.79 Å². The zero-order valence-electron chi connectivity index (χ0n) is 7.62. The molecule has 0 atom stereocenters. The molecule has 0 unspecified atom stereocenters. The zero-order valence-corrected chi connectivity index (χ0v) is 8.38. The lowest BCUT2D eigenvalue weighted by Crippen LogP contribution is -2.11. The number of carbonyl (C=O) groups is 1. The smallest absolute Gasteiger partial charge is 0.222 e. The summed E-state index contributed by atoms with van der Waals surface area (Å²) < 4.78 is 0. The summed E-state index contributed by atoms with van der Waals surface area (Å²) in [4.78, 5) is 19.0. The lowest BCUT2D eigenvalue weighted by Gasteiger charge is -2.02. The number of aromatic nitrogens is 2. The molecule has 1 aromatic heterocycles. The van der Waals surface area contributed by atoms with Crippen molar-refractivity contribution in [2.24, 2.45) is 5.92 Å². The van der Waals surface area contributed by atoms with Crippen molar-refractivity contribution in [2.45, 2.75) is 20.3 Å². The minimum absolute atomic E-state index is 0.0359. The molecule has 0 bridgehead atoms. The summed E-state index contributed by atoms with van der Waals surface area (Å²) in [5, 5.41) is 0.189. The highest BCUT2D eigenvalue weighted by atomic mass is 35.5. The number of nitrogens with zero attached hydrogens (tertiary/aromatic N) is 2. The molecule has 0 spiro atoms. The van der Waals surface area contributed by atoms with Crippen molar-refractivity contribution in [3.05, 3.63) is 23.2 Å². The van der Waals surface area contributed by atoms with Gasteiger partial charge in [0.05, 0.1) is 5.69 Å². The second-order valence-electron chi connectivity index (χ2n) is 3.11. The fourth-order valence-corrected chi connectivity index (χ4v) is 1.02. The Kier molecular flexibility index (Phi) is 3.37. The Balaban J connectivity index is 2.69. The number of hydrogen-bond donors (Lipinski definition) is 0. The maximum Gasteiger partial charge on any atom is 0.222 e. The van der Waals surface area contributed by atoms with Gasteiger partial charge in [-0.25, -0.2) is 9.97 Å². The highest BCUT2D eigenvalue weighted by Crippen LogP contribution is 2.05. The van der Waals surface area contributed by atoms with Gasteiger partial charge in [0.2, 0.25) is 5.28 Å². The largest absolute Gasteiger partial charge is 0.299 e. The molecule has 1 heterocycles. The van der Waals surface area contributed by atoms with Crippen LogP contribution in [0.4, 0.5) is 0 Å². The van der Waals surface area contributed by atoms with Gasteiger partial charge in [0.25, 0.3) is 0 Å². The van der Waals surface area contributed by atoms with E-state index in [2.05, 4.69) is 9.97 Å². The molecule has 1 aromatic rings. The molecule has 0 aliphatic heterocycles. The third kappa shape index (κ3) is 3.11. The first-order valence-electron chi connectivity index (χ1n) is 4.09. The summed E-state index contributed by atoms with van der Waals surface area (Å²) in [6.07, 6.45) is 1.89. The normalized spacial score (nSPS) is 10.5. The van der Waals surface area contributed by atoms with Gasteiger partial charge >= 0.3 is 0 Å². The fraction of sp³-hybridized carbons (Fsp3) is 0.444. The SMILES string of the molecule is CC(C)C(=O)Cc1ccnc(Cl)n1. The first-order chi connectivity index (χ1) is 6.09. The molecule has 1 rings (SSSR count). The van der Waals surface area contributed by atoms with Gasteiger partial charge in [0.15, 0.2) is 0 Å². The van der Waals surface area contributed by atoms with E-state index in [0.717, 1.165) is 0 Å². The van der Waals surface area contributed by atoms with Crippen molar-refractivity contribution in [3.8, 4) is 0 Å². The molecular formula is C9H11ClN2O. The number of halogens is 1. The Labute approximate surface area is 82.2 Å². The fourth-order valence-electron chi connectivity index (χ4n) is 0.851. The van der Waals surface area contributed by atoms with Crippen molar-refractivity contribution in [1.82, 2.24) is 9.97 Å². The van der Waals surface area contributed by atoms with Crippen LogP contribution in [-0.4, -0.2) is 15.8 Å². The first kappa shape index (κ1) is 10.1. The van der Waals surface area contributed by atoms with Gasteiger partial charge in [-0.05, 0) is 17.7 Å². The van der Waals surface area contributed by atoms with E-state index in [0.29, 0.717) is 12.1 Å². The van der Waals surface area contributed by atoms with Crippen LogP contribution in [-0.2, 0) is 11.2 Å².